The summed E-state index contributed by atoms with van der Waals surface area (Å²) in [6.07, 6.45) is 0. The van der Waals surface area contributed by atoms with E-state index in [1.165, 1.54) is 5.56 Å². The van der Waals surface area contributed by atoms with E-state index in [9.17, 15) is 0 Å². The van der Waals surface area contributed by atoms with Gasteiger partial charge in [-0.2, -0.15) is 11.3 Å². The summed E-state index contributed by atoms with van der Waals surface area (Å²) in [5.41, 5.74) is 9.11. The first-order valence-corrected chi connectivity index (χ1v) is 6.38. The lowest BCUT2D eigenvalue weighted by Gasteiger charge is -2.08. The number of methoxy groups -OCH3 is 1. The van der Waals surface area contributed by atoms with E-state index in [-0.39, 0.29) is 0 Å². The highest BCUT2D eigenvalue weighted by Gasteiger charge is 2.01. The van der Waals surface area contributed by atoms with Crippen LogP contribution in [-0.2, 0) is 13.1 Å². The highest BCUT2D eigenvalue weighted by atomic mass is 32.1. The van der Waals surface area contributed by atoms with Gasteiger partial charge in [0.25, 0.3) is 0 Å². The normalized spacial score (nSPS) is 10.4. The van der Waals surface area contributed by atoms with Crippen LogP contribution in [0.2, 0.25) is 0 Å². The molecule has 0 spiro atoms. The zero-order valence-electron chi connectivity index (χ0n) is 9.77. The molecule has 0 radical (unpaired) electrons. The number of anilines is 1. The largest absolute Gasteiger partial charge is 0.497 e. The Labute approximate surface area is 105 Å². The molecule has 4 heteroatoms. The number of nitrogens with one attached hydrogen (secondary N) is 1. The summed E-state index contributed by atoms with van der Waals surface area (Å²) < 4.78 is 5.11. The molecule has 0 bridgehead atoms. The van der Waals surface area contributed by atoms with Crippen molar-refractivity contribution in [3.8, 4) is 5.75 Å². The molecule has 17 heavy (non-hydrogen) atoms. The van der Waals surface area contributed by atoms with E-state index in [4.69, 9.17) is 10.5 Å². The minimum Gasteiger partial charge on any atom is -0.497 e. The van der Waals surface area contributed by atoms with Gasteiger partial charge in [-0.3, -0.25) is 0 Å². The van der Waals surface area contributed by atoms with Gasteiger partial charge < -0.3 is 15.8 Å². The van der Waals surface area contributed by atoms with Crippen molar-refractivity contribution in [2.24, 2.45) is 0 Å². The third-order valence-corrected chi connectivity index (χ3v) is 3.31. The Morgan fingerprint density at radius 1 is 1.29 bits per heavy atom. The fraction of sp³-hybridized carbons (Fsp3) is 0.231. The first-order valence-electron chi connectivity index (χ1n) is 5.44. The SMILES string of the molecule is COc1ccc(CNCc2ccsc2)c(N)c1. The number of ether oxygens (including phenoxy) is 1. The van der Waals surface area contributed by atoms with E-state index in [0.29, 0.717) is 0 Å². The lowest BCUT2D eigenvalue weighted by atomic mass is 10.1. The highest BCUT2D eigenvalue weighted by Crippen LogP contribution is 2.19. The van der Waals surface area contributed by atoms with Crippen LogP contribution < -0.4 is 15.8 Å². The van der Waals surface area contributed by atoms with Crippen LogP contribution in [0.15, 0.2) is 35.0 Å². The van der Waals surface area contributed by atoms with Crippen molar-refractivity contribution in [3.63, 3.8) is 0 Å². The van der Waals surface area contributed by atoms with Crippen molar-refractivity contribution < 1.29 is 4.74 Å². The highest BCUT2D eigenvalue weighted by molar-refractivity contribution is 7.07. The van der Waals surface area contributed by atoms with Gasteiger partial charge in [0.2, 0.25) is 0 Å². The predicted molar refractivity (Wildman–Crippen MR) is 72.3 cm³/mol. The summed E-state index contributed by atoms with van der Waals surface area (Å²) in [6, 6.07) is 7.89. The summed E-state index contributed by atoms with van der Waals surface area (Å²) in [5, 5.41) is 7.59. The Balaban J connectivity index is 1.90. The zero-order chi connectivity index (χ0) is 12.1. The average Bonchev–Trinajstić information content (AvgIpc) is 2.84. The average molecular weight is 248 g/mol. The third kappa shape index (κ3) is 3.22. The van der Waals surface area contributed by atoms with E-state index in [1.807, 2.05) is 18.2 Å². The topological polar surface area (TPSA) is 47.3 Å². The standard InChI is InChI=1S/C13H16N2OS/c1-16-12-3-2-11(13(14)6-12)8-15-7-10-4-5-17-9-10/h2-6,9,15H,7-8,14H2,1H3. The number of nitrogen functional groups attached to an aromatic ring is 1. The molecule has 1 aromatic carbocycles. The van der Waals surface area contributed by atoms with Crippen LogP contribution in [0.4, 0.5) is 5.69 Å². The number of rotatable bonds is 5. The molecule has 0 atom stereocenters. The van der Waals surface area contributed by atoms with Gasteiger partial charge in [-0.05, 0) is 34.0 Å². The van der Waals surface area contributed by atoms with Crippen LogP contribution in [0.3, 0.4) is 0 Å². The Morgan fingerprint density at radius 2 is 2.18 bits per heavy atom. The third-order valence-electron chi connectivity index (χ3n) is 2.58. The van der Waals surface area contributed by atoms with E-state index < -0.39 is 0 Å². The number of thiophene rings is 1. The monoisotopic (exact) mass is 248 g/mol. The molecule has 1 aromatic heterocycles. The Bertz CT molecular complexity index is 468. The van der Waals surface area contributed by atoms with Crippen molar-refractivity contribution in [2.45, 2.75) is 13.1 Å². The molecule has 2 aromatic rings. The number of nitrogens with two attached hydrogens (primary N) is 1. The van der Waals surface area contributed by atoms with Gasteiger partial charge in [-0.15, -0.1) is 0 Å². The molecule has 0 saturated heterocycles. The molecule has 0 aliphatic rings. The zero-order valence-corrected chi connectivity index (χ0v) is 10.6. The number of benzene rings is 1. The first-order chi connectivity index (χ1) is 8.29. The Kier molecular flexibility index (Phi) is 4.01. The quantitative estimate of drug-likeness (QED) is 0.800. The molecule has 0 unspecified atom stereocenters. The lowest BCUT2D eigenvalue weighted by Crippen LogP contribution is -2.13. The van der Waals surface area contributed by atoms with Gasteiger partial charge in [0.15, 0.2) is 0 Å². The summed E-state index contributed by atoms with van der Waals surface area (Å²) in [7, 11) is 1.64. The molecule has 90 valence electrons. The molecule has 0 aliphatic carbocycles. The molecule has 0 saturated carbocycles. The van der Waals surface area contributed by atoms with E-state index in [2.05, 4.69) is 22.1 Å². The molecule has 3 N–H and O–H groups in total. The summed E-state index contributed by atoms with van der Waals surface area (Å²) >= 11 is 1.71. The van der Waals surface area contributed by atoms with Gasteiger partial charge >= 0.3 is 0 Å². The fourth-order valence-corrected chi connectivity index (χ4v) is 2.26. The maximum atomic E-state index is 5.94. The molecule has 2 rings (SSSR count). The van der Waals surface area contributed by atoms with Gasteiger partial charge in [0.05, 0.1) is 7.11 Å². The van der Waals surface area contributed by atoms with Crippen LogP contribution in [0.25, 0.3) is 0 Å². The molecule has 3 nitrogen and oxygen atoms in total. The van der Waals surface area contributed by atoms with E-state index in [0.717, 1.165) is 30.1 Å². The van der Waals surface area contributed by atoms with Gasteiger partial charge in [-0.25, -0.2) is 0 Å². The molecular weight excluding hydrogens is 232 g/mol. The smallest absolute Gasteiger partial charge is 0.120 e. The predicted octanol–water partition coefficient (Wildman–Crippen LogP) is 2.63. The molecule has 0 fully saturated rings. The fourth-order valence-electron chi connectivity index (χ4n) is 1.60. The van der Waals surface area contributed by atoms with Crippen LogP contribution in [0, 0.1) is 0 Å². The van der Waals surface area contributed by atoms with Gasteiger partial charge in [-0.1, -0.05) is 6.07 Å². The minimum absolute atomic E-state index is 0.766. The summed E-state index contributed by atoms with van der Waals surface area (Å²) in [5.74, 6) is 0.795. The van der Waals surface area contributed by atoms with Crippen LogP contribution in [0.5, 0.6) is 5.75 Å². The van der Waals surface area contributed by atoms with Gasteiger partial charge in [0.1, 0.15) is 5.75 Å². The van der Waals surface area contributed by atoms with Crippen molar-refractivity contribution >= 4 is 17.0 Å². The Morgan fingerprint density at radius 3 is 2.82 bits per heavy atom. The van der Waals surface area contributed by atoms with E-state index in [1.54, 1.807) is 18.4 Å². The van der Waals surface area contributed by atoms with Crippen molar-refractivity contribution in [2.75, 3.05) is 12.8 Å². The van der Waals surface area contributed by atoms with E-state index >= 15 is 0 Å². The van der Waals surface area contributed by atoms with Crippen LogP contribution in [-0.4, -0.2) is 7.11 Å². The number of hydrogen-bond donors (Lipinski definition) is 2. The molecular formula is C13H16N2OS. The Hall–Kier alpha value is -1.52. The second kappa shape index (κ2) is 5.70. The second-order valence-electron chi connectivity index (χ2n) is 3.80. The molecule has 1 heterocycles. The minimum atomic E-state index is 0.766. The molecule has 0 aliphatic heterocycles. The van der Waals surface area contributed by atoms with Gasteiger partial charge in [0, 0.05) is 24.8 Å². The second-order valence-corrected chi connectivity index (χ2v) is 4.58. The lowest BCUT2D eigenvalue weighted by molar-refractivity contribution is 0.415. The summed E-state index contributed by atoms with van der Waals surface area (Å²) in [4.78, 5) is 0. The summed E-state index contributed by atoms with van der Waals surface area (Å²) in [6.45, 7) is 1.64. The van der Waals surface area contributed by atoms with Crippen LogP contribution >= 0.6 is 11.3 Å². The van der Waals surface area contributed by atoms with Crippen molar-refractivity contribution in [1.82, 2.24) is 5.32 Å². The van der Waals surface area contributed by atoms with Crippen molar-refractivity contribution in [3.05, 3.63) is 46.2 Å². The van der Waals surface area contributed by atoms with Crippen LogP contribution in [0.1, 0.15) is 11.1 Å². The first kappa shape index (κ1) is 12.0. The molecule has 0 amide bonds. The maximum absolute atomic E-state index is 5.94. The van der Waals surface area contributed by atoms with Crippen molar-refractivity contribution in [1.29, 1.82) is 0 Å². The maximum Gasteiger partial charge on any atom is 0.120 e. The number of hydrogen-bond acceptors (Lipinski definition) is 4.